The Morgan fingerprint density at radius 2 is 1.76 bits per heavy atom. The van der Waals surface area contributed by atoms with Crippen molar-refractivity contribution >= 4 is 0 Å². The summed E-state index contributed by atoms with van der Waals surface area (Å²) in [5, 5.41) is 0. The van der Waals surface area contributed by atoms with E-state index in [2.05, 4.69) is 45.0 Å². The van der Waals surface area contributed by atoms with Gasteiger partial charge in [0.1, 0.15) is 5.82 Å². The SMILES string of the molecule is Cc1ccc(F)c(C(C)CCc2cccc(C(C)C)c2)c1. The highest BCUT2D eigenvalue weighted by molar-refractivity contribution is 5.28. The molecule has 1 heteroatoms. The summed E-state index contributed by atoms with van der Waals surface area (Å²) in [6.45, 7) is 8.56. The number of aryl methyl sites for hydroxylation is 2. The molecule has 1 atom stereocenters. The normalized spacial score (nSPS) is 12.7. The number of halogens is 1. The lowest BCUT2D eigenvalue weighted by Crippen LogP contribution is -2.01. The first-order valence-corrected chi connectivity index (χ1v) is 7.82. The van der Waals surface area contributed by atoms with Gasteiger partial charge in [0, 0.05) is 0 Å². The fourth-order valence-corrected chi connectivity index (χ4v) is 2.69. The topological polar surface area (TPSA) is 0 Å². The summed E-state index contributed by atoms with van der Waals surface area (Å²) < 4.78 is 13.9. The molecule has 1 unspecified atom stereocenters. The lowest BCUT2D eigenvalue weighted by Gasteiger charge is -2.14. The lowest BCUT2D eigenvalue weighted by molar-refractivity contribution is 0.573. The molecule has 0 nitrogen and oxygen atoms in total. The van der Waals surface area contributed by atoms with Crippen molar-refractivity contribution in [2.45, 2.75) is 52.4 Å². The molecule has 0 fully saturated rings. The van der Waals surface area contributed by atoms with Crippen LogP contribution in [0.2, 0.25) is 0 Å². The van der Waals surface area contributed by atoms with Crippen molar-refractivity contribution in [1.29, 1.82) is 0 Å². The standard InChI is InChI=1S/C20H25F/c1-14(2)18-7-5-6-17(13-18)10-9-16(4)19-12-15(3)8-11-20(19)21/h5-8,11-14,16H,9-10H2,1-4H3. The summed E-state index contributed by atoms with van der Waals surface area (Å²) in [4.78, 5) is 0. The fraction of sp³-hybridized carbons (Fsp3) is 0.400. The van der Waals surface area contributed by atoms with Crippen LogP contribution in [0.5, 0.6) is 0 Å². The summed E-state index contributed by atoms with van der Waals surface area (Å²) in [7, 11) is 0. The van der Waals surface area contributed by atoms with Crippen molar-refractivity contribution in [3.63, 3.8) is 0 Å². The van der Waals surface area contributed by atoms with Gasteiger partial charge >= 0.3 is 0 Å². The maximum atomic E-state index is 13.9. The van der Waals surface area contributed by atoms with E-state index < -0.39 is 0 Å². The van der Waals surface area contributed by atoms with Gasteiger partial charge in [0.2, 0.25) is 0 Å². The first-order valence-electron chi connectivity index (χ1n) is 7.82. The minimum absolute atomic E-state index is 0.0796. The third-order valence-electron chi connectivity index (χ3n) is 4.17. The zero-order valence-corrected chi connectivity index (χ0v) is 13.5. The molecule has 0 heterocycles. The van der Waals surface area contributed by atoms with Crippen molar-refractivity contribution in [1.82, 2.24) is 0 Å². The predicted octanol–water partition coefficient (Wildman–Crippen LogP) is 5.99. The van der Waals surface area contributed by atoms with Crippen molar-refractivity contribution in [2.24, 2.45) is 0 Å². The van der Waals surface area contributed by atoms with Crippen molar-refractivity contribution < 1.29 is 4.39 Å². The molecule has 21 heavy (non-hydrogen) atoms. The summed E-state index contributed by atoms with van der Waals surface area (Å²) >= 11 is 0. The summed E-state index contributed by atoms with van der Waals surface area (Å²) in [6, 6.07) is 14.2. The van der Waals surface area contributed by atoms with Crippen molar-refractivity contribution in [3.05, 3.63) is 70.5 Å². The van der Waals surface area contributed by atoms with E-state index in [-0.39, 0.29) is 11.7 Å². The molecule has 0 aromatic heterocycles. The Balaban J connectivity index is 2.05. The van der Waals surface area contributed by atoms with Gasteiger partial charge < -0.3 is 0 Å². The number of hydrogen-bond acceptors (Lipinski definition) is 0. The second-order valence-electron chi connectivity index (χ2n) is 6.36. The third kappa shape index (κ3) is 4.17. The van der Waals surface area contributed by atoms with Crippen molar-refractivity contribution in [3.8, 4) is 0 Å². The molecule has 0 saturated heterocycles. The molecule has 0 amide bonds. The van der Waals surface area contributed by atoms with Gasteiger partial charge in [0.25, 0.3) is 0 Å². The Kier molecular flexibility index (Phi) is 5.17. The lowest BCUT2D eigenvalue weighted by atomic mass is 9.91. The van der Waals surface area contributed by atoms with E-state index >= 15 is 0 Å². The molecule has 0 saturated carbocycles. The van der Waals surface area contributed by atoms with Gasteiger partial charge in [-0.05, 0) is 54.4 Å². The Bertz CT molecular complexity index is 599. The smallest absolute Gasteiger partial charge is 0.126 e. The van der Waals surface area contributed by atoms with Crippen LogP contribution >= 0.6 is 0 Å². The van der Waals surface area contributed by atoms with E-state index in [0.717, 1.165) is 24.0 Å². The second kappa shape index (κ2) is 6.89. The van der Waals surface area contributed by atoms with Crippen LogP contribution in [-0.2, 0) is 6.42 Å². The molecular weight excluding hydrogens is 259 g/mol. The maximum Gasteiger partial charge on any atom is 0.126 e. The average Bonchev–Trinajstić information content (AvgIpc) is 2.47. The highest BCUT2D eigenvalue weighted by atomic mass is 19.1. The largest absolute Gasteiger partial charge is 0.207 e. The van der Waals surface area contributed by atoms with E-state index in [9.17, 15) is 4.39 Å². The van der Waals surface area contributed by atoms with Gasteiger partial charge in [0.05, 0.1) is 0 Å². The van der Waals surface area contributed by atoms with Crippen LogP contribution in [0, 0.1) is 12.7 Å². The van der Waals surface area contributed by atoms with Crippen LogP contribution in [-0.4, -0.2) is 0 Å². The first-order chi connectivity index (χ1) is 9.97. The molecule has 0 radical (unpaired) electrons. The van der Waals surface area contributed by atoms with Crippen LogP contribution in [0.1, 0.15) is 61.3 Å². The van der Waals surface area contributed by atoms with Gasteiger partial charge in [-0.1, -0.05) is 62.7 Å². The van der Waals surface area contributed by atoms with Crippen LogP contribution in [0.25, 0.3) is 0 Å². The Hall–Kier alpha value is -1.63. The quantitative estimate of drug-likeness (QED) is 0.632. The summed E-state index contributed by atoms with van der Waals surface area (Å²) in [5.41, 5.74) is 4.69. The monoisotopic (exact) mass is 284 g/mol. The summed E-state index contributed by atoms with van der Waals surface area (Å²) in [5.74, 6) is 0.716. The van der Waals surface area contributed by atoms with E-state index in [4.69, 9.17) is 0 Å². The fourth-order valence-electron chi connectivity index (χ4n) is 2.69. The highest BCUT2D eigenvalue weighted by Gasteiger charge is 2.11. The number of rotatable bonds is 5. The van der Waals surface area contributed by atoms with E-state index in [0.29, 0.717) is 5.92 Å². The minimum Gasteiger partial charge on any atom is -0.207 e. The van der Waals surface area contributed by atoms with Crippen LogP contribution in [0.15, 0.2) is 42.5 Å². The first kappa shape index (κ1) is 15.8. The second-order valence-corrected chi connectivity index (χ2v) is 6.36. The van der Waals surface area contributed by atoms with Crippen LogP contribution < -0.4 is 0 Å². The predicted molar refractivity (Wildman–Crippen MR) is 88.4 cm³/mol. The maximum absolute atomic E-state index is 13.9. The van der Waals surface area contributed by atoms with Crippen LogP contribution in [0.4, 0.5) is 4.39 Å². The van der Waals surface area contributed by atoms with E-state index in [1.165, 1.54) is 11.1 Å². The molecule has 0 aliphatic rings. The molecule has 0 aliphatic carbocycles. The highest BCUT2D eigenvalue weighted by Crippen LogP contribution is 2.25. The molecule has 0 N–H and O–H groups in total. The molecule has 0 spiro atoms. The van der Waals surface area contributed by atoms with Gasteiger partial charge in [-0.3, -0.25) is 0 Å². The average molecular weight is 284 g/mol. The van der Waals surface area contributed by atoms with Gasteiger partial charge in [-0.25, -0.2) is 4.39 Å². The Morgan fingerprint density at radius 1 is 1.00 bits per heavy atom. The number of benzene rings is 2. The van der Waals surface area contributed by atoms with Gasteiger partial charge in [-0.15, -0.1) is 0 Å². The van der Waals surface area contributed by atoms with Crippen LogP contribution in [0.3, 0.4) is 0 Å². The molecule has 0 bridgehead atoms. The molecule has 0 aliphatic heterocycles. The Labute approximate surface area is 128 Å². The Morgan fingerprint density at radius 3 is 2.48 bits per heavy atom. The zero-order valence-electron chi connectivity index (χ0n) is 13.5. The van der Waals surface area contributed by atoms with E-state index in [1.54, 1.807) is 6.07 Å². The van der Waals surface area contributed by atoms with Gasteiger partial charge in [-0.2, -0.15) is 0 Å². The third-order valence-corrected chi connectivity index (χ3v) is 4.17. The molecule has 2 aromatic rings. The molecular formula is C20H25F. The van der Waals surface area contributed by atoms with Crippen molar-refractivity contribution in [2.75, 3.05) is 0 Å². The molecule has 112 valence electrons. The summed E-state index contributed by atoms with van der Waals surface area (Å²) in [6.07, 6.45) is 1.97. The van der Waals surface area contributed by atoms with Gasteiger partial charge in [0.15, 0.2) is 0 Å². The molecule has 2 aromatic carbocycles. The minimum atomic E-state index is -0.0796. The zero-order chi connectivity index (χ0) is 15.4. The number of hydrogen-bond donors (Lipinski definition) is 0. The molecule has 2 rings (SSSR count). The van der Waals surface area contributed by atoms with E-state index in [1.807, 2.05) is 19.1 Å².